The molecule has 0 fully saturated rings. The molecule has 1 aromatic carbocycles. The van der Waals surface area contributed by atoms with Gasteiger partial charge < -0.3 is 9.84 Å². The highest BCUT2D eigenvalue weighted by atomic mass is 19.3. The SMILES string of the molecule is COC(F)(F)C(F)(F)c1ccc(-c2nn(C)cc2C(=O)O)cc1. The highest BCUT2D eigenvalue weighted by Crippen LogP contribution is 2.43. The van der Waals surface area contributed by atoms with Gasteiger partial charge in [-0.25, -0.2) is 4.79 Å². The fourth-order valence-corrected chi connectivity index (χ4v) is 1.99. The van der Waals surface area contributed by atoms with Crippen LogP contribution in [0.3, 0.4) is 0 Å². The number of carboxylic acid groups (broad SMARTS) is 1. The Kier molecular flexibility index (Phi) is 4.16. The topological polar surface area (TPSA) is 64.4 Å². The van der Waals surface area contributed by atoms with E-state index in [4.69, 9.17) is 5.11 Å². The zero-order valence-corrected chi connectivity index (χ0v) is 12.1. The Morgan fingerprint density at radius 1 is 1.22 bits per heavy atom. The Balaban J connectivity index is 2.43. The van der Waals surface area contributed by atoms with Gasteiger partial charge in [0.05, 0.1) is 0 Å². The highest BCUT2D eigenvalue weighted by Gasteiger charge is 2.58. The number of aromatic nitrogens is 2. The van der Waals surface area contributed by atoms with Gasteiger partial charge >= 0.3 is 18.0 Å². The summed E-state index contributed by atoms with van der Waals surface area (Å²) >= 11 is 0. The summed E-state index contributed by atoms with van der Waals surface area (Å²) in [5.74, 6) is -5.77. The molecule has 23 heavy (non-hydrogen) atoms. The van der Waals surface area contributed by atoms with Crippen LogP contribution in [0.25, 0.3) is 11.3 Å². The summed E-state index contributed by atoms with van der Waals surface area (Å²) in [6, 6.07) is 3.76. The van der Waals surface area contributed by atoms with E-state index in [0.717, 1.165) is 24.3 Å². The number of aromatic carboxylic acids is 1. The van der Waals surface area contributed by atoms with Crippen molar-refractivity contribution in [3.63, 3.8) is 0 Å². The summed E-state index contributed by atoms with van der Waals surface area (Å²) in [6.07, 6.45) is -3.41. The van der Waals surface area contributed by atoms with E-state index in [1.807, 2.05) is 0 Å². The quantitative estimate of drug-likeness (QED) is 0.855. The van der Waals surface area contributed by atoms with Crippen molar-refractivity contribution in [2.75, 3.05) is 7.11 Å². The number of hydrogen-bond donors (Lipinski definition) is 1. The summed E-state index contributed by atoms with van der Waals surface area (Å²) in [7, 11) is 1.98. The van der Waals surface area contributed by atoms with E-state index < -0.39 is 23.6 Å². The monoisotopic (exact) mass is 332 g/mol. The first kappa shape index (κ1) is 16.9. The number of rotatable bonds is 5. The third kappa shape index (κ3) is 2.91. The van der Waals surface area contributed by atoms with Crippen LogP contribution in [0.4, 0.5) is 17.6 Å². The van der Waals surface area contributed by atoms with Gasteiger partial charge in [0.1, 0.15) is 11.3 Å². The Labute approximate surface area is 128 Å². The van der Waals surface area contributed by atoms with E-state index in [1.165, 1.54) is 17.9 Å². The smallest absolute Gasteiger partial charge is 0.423 e. The number of carboxylic acids is 1. The van der Waals surface area contributed by atoms with Crippen LogP contribution in [0.1, 0.15) is 15.9 Å². The molecule has 0 atom stereocenters. The minimum absolute atomic E-state index is 0.0494. The molecule has 0 amide bonds. The lowest BCUT2D eigenvalue weighted by Crippen LogP contribution is -2.39. The number of aryl methyl sites for hydroxylation is 1. The van der Waals surface area contributed by atoms with E-state index in [1.54, 1.807) is 0 Å². The fraction of sp³-hybridized carbons (Fsp3) is 0.286. The highest BCUT2D eigenvalue weighted by molar-refractivity contribution is 5.94. The van der Waals surface area contributed by atoms with Gasteiger partial charge in [0, 0.05) is 31.5 Å². The number of benzene rings is 1. The maximum absolute atomic E-state index is 13.7. The third-order valence-electron chi connectivity index (χ3n) is 3.20. The maximum atomic E-state index is 13.7. The van der Waals surface area contributed by atoms with E-state index in [9.17, 15) is 22.4 Å². The summed E-state index contributed by atoms with van der Waals surface area (Å²) in [6.45, 7) is 0. The number of methoxy groups -OCH3 is 1. The van der Waals surface area contributed by atoms with Gasteiger partial charge in [-0.1, -0.05) is 24.3 Å². The average molecular weight is 332 g/mol. The molecule has 2 aromatic rings. The molecule has 2 rings (SSSR count). The lowest BCUT2D eigenvalue weighted by atomic mass is 10.0. The minimum Gasteiger partial charge on any atom is -0.478 e. The number of carbonyl (C=O) groups is 1. The van der Waals surface area contributed by atoms with Crippen molar-refractivity contribution >= 4 is 5.97 Å². The zero-order valence-electron chi connectivity index (χ0n) is 12.1. The second-order valence-electron chi connectivity index (χ2n) is 4.74. The predicted octanol–water partition coefficient (Wildman–Crippen LogP) is 3.12. The molecule has 0 aliphatic heterocycles. The molecule has 0 radical (unpaired) electrons. The van der Waals surface area contributed by atoms with Crippen LogP contribution in [-0.2, 0) is 17.7 Å². The van der Waals surface area contributed by atoms with Crippen molar-refractivity contribution in [2.24, 2.45) is 7.05 Å². The molecule has 0 saturated heterocycles. The van der Waals surface area contributed by atoms with Crippen LogP contribution < -0.4 is 0 Å². The number of ether oxygens (including phenoxy) is 1. The van der Waals surface area contributed by atoms with E-state index in [0.29, 0.717) is 7.11 Å². The van der Waals surface area contributed by atoms with Gasteiger partial charge in [-0.15, -0.1) is 0 Å². The number of hydrogen-bond acceptors (Lipinski definition) is 3. The molecule has 0 unspecified atom stereocenters. The molecule has 0 saturated carbocycles. The van der Waals surface area contributed by atoms with Crippen molar-refractivity contribution in [3.8, 4) is 11.3 Å². The second kappa shape index (κ2) is 5.65. The summed E-state index contributed by atoms with van der Waals surface area (Å²) in [5, 5.41) is 13.0. The van der Waals surface area contributed by atoms with Crippen molar-refractivity contribution < 1.29 is 32.2 Å². The van der Waals surface area contributed by atoms with Crippen molar-refractivity contribution in [1.82, 2.24) is 9.78 Å². The van der Waals surface area contributed by atoms with Crippen LogP contribution >= 0.6 is 0 Å². The third-order valence-corrected chi connectivity index (χ3v) is 3.20. The van der Waals surface area contributed by atoms with Crippen LogP contribution in [0.5, 0.6) is 0 Å². The first-order valence-corrected chi connectivity index (χ1v) is 6.29. The molecule has 0 aliphatic rings. The fourth-order valence-electron chi connectivity index (χ4n) is 1.99. The number of alkyl halides is 4. The normalized spacial score (nSPS) is 12.4. The lowest BCUT2D eigenvalue weighted by molar-refractivity contribution is -0.344. The van der Waals surface area contributed by atoms with Crippen molar-refractivity contribution in [3.05, 3.63) is 41.6 Å². The number of nitrogens with zero attached hydrogens (tertiary/aromatic N) is 2. The molecule has 0 bridgehead atoms. The van der Waals surface area contributed by atoms with E-state index in [2.05, 4.69) is 9.84 Å². The van der Waals surface area contributed by atoms with Gasteiger partial charge in [-0.2, -0.15) is 22.7 Å². The summed E-state index contributed by atoms with van der Waals surface area (Å²) < 4.78 is 58.5. The standard InChI is InChI=1S/C14H12F4N2O3/c1-20-7-10(12(21)22)11(19-20)8-3-5-9(6-4-8)13(15,16)14(17,18)23-2/h3-7H,1-2H3,(H,21,22). The van der Waals surface area contributed by atoms with E-state index in [-0.39, 0.29) is 16.8 Å². The van der Waals surface area contributed by atoms with Crippen LogP contribution in [-0.4, -0.2) is 34.1 Å². The minimum atomic E-state index is -4.66. The molecular formula is C14H12F4N2O3. The molecule has 5 nitrogen and oxygen atoms in total. The average Bonchev–Trinajstić information content (AvgIpc) is 2.89. The van der Waals surface area contributed by atoms with E-state index >= 15 is 0 Å². The Bertz CT molecular complexity index is 726. The first-order valence-electron chi connectivity index (χ1n) is 6.29. The summed E-state index contributed by atoms with van der Waals surface area (Å²) in [4.78, 5) is 11.1. The molecule has 0 aliphatic carbocycles. The van der Waals surface area contributed by atoms with Crippen LogP contribution in [0.2, 0.25) is 0 Å². The Hall–Kier alpha value is -2.42. The zero-order chi connectivity index (χ0) is 17.4. The van der Waals surface area contributed by atoms with Crippen LogP contribution in [0.15, 0.2) is 30.5 Å². The van der Waals surface area contributed by atoms with Crippen molar-refractivity contribution in [1.29, 1.82) is 0 Å². The van der Waals surface area contributed by atoms with Gasteiger partial charge in [-0.3, -0.25) is 4.68 Å². The van der Waals surface area contributed by atoms with Gasteiger partial charge in [0.25, 0.3) is 0 Å². The summed E-state index contributed by atoms with van der Waals surface area (Å²) in [5.41, 5.74) is -0.827. The largest absolute Gasteiger partial charge is 0.478 e. The number of halogens is 4. The molecule has 9 heteroatoms. The molecular weight excluding hydrogens is 320 g/mol. The molecule has 0 spiro atoms. The van der Waals surface area contributed by atoms with Crippen LogP contribution in [0, 0.1) is 0 Å². The molecule has 1 heterocycles. The molecule has 1 N–H and O–H groups in total. The Morgan fingerprint density at radius 2 is 1.78 bits per heavy atom. The maximum Gasteiger partial charge on any atom is 0.423 e. The van der Waals surface area contributed by atoms with Gasteiger partial charge in [-0.05, 0) is 0 Å². The van der Waals surface area contributed by atoms with Gasteiger partial charge in [0.2, 0.25) is 0 Å². The first-order chi connectivity index (χ1) is 10.6. The van der Waals surface area contributed by atoms with Crippen molar-refractivity contribution in [2.45, 2.75) is 12.0 Å². The molecule has 1 aromatic heterocycles. The second-order valence-corrected chi connectivity index (χ2v) is 4.74. The van der Waals surface area contributed by atoms with Gasteiger partial charge in [0.15, 0.2) is 0 Å². The molecule has 124 valence electrons. The Morgan fingerprint density at radius 3 is 2.26 bits per heavy atom. The predicted molar refractivity (Wildman–Crippen MR) is 71.5 cm³/mol. The lowest BCUT2D eigenvalue weighted by Gasteiger charge is -2.24.